The standard InChI is InChI=1S/C15H16N2OS/c1-17(11-6-5-7-12(10-11)18-2)14-9-4-3-8-13(14)15(16)19/h3-10H,1-2H3,(H2,16,19). The fourth-order valence-corrected chi connectivity index (χ4v) is 2.11. The second-order valence-electron chi connectivity index (χ2n) is 4.14. The molecule has 0 aliphatic heterocycles. The van der Waals surface area contributed by atoms with Crippen molar-refractivity contribution in [3.8, 4) is 5.75 Å². The molecular weight excluding hydrogens is 256 g/mol. The molecule has 2 aromatic carbocycles. The summed E-state index contributed by atoms with van der Waals surface area (Å²) < 4.78 is 5.24. The number of nitrogens with zero attached hydrogens (tertiary/aromatic N) is 1. The highest BCUT2D eigenvalue weighted by Gasteiger charge is 2.10. The summed E-state index contributed by atoms with van der Waals surface area (Å²) in [6.07, 6.45) is 0. The van der Waals surface area contributed by atoms with E-state index in [-0.39, 0.29) is 0 Å². The molecule has 0 amide bonds. The quantitative estimate of drug-likeness (QED) is 0.868. The highest BCUT2D eigenvalue weighted by molar-refractivity contribution is 7.80. The Morgan fingerprint density at radius 2 is 1.89 bits per heavy atom. The van der Waals surface area contributed by atoms with E-state index in [2.05, 4.69) is 0 Å². The number of nitrogens with two attached hydrogens (primary N) is 1. The molecule has 2 aromatic rings. The molecule has 0 saturated carbocycles. The van der Waals surface area contributed by atoms with E-state index >= 15 is 0 Å². The normalized spacial score (nSPS) is 10.0. The van der Waals surface area contributed by atoms with E-state index in [1.54, 1.807) is 7.11 Å². The molecule has 4 heteroatoms. The average molecular weight is 272 g/mol. The van der Waals surface area contributed by atoms with Crippen molar-refractivity contribution in [1.29, 1.82) is 0 Å². The van der Waals surface area contributed by atoms with Gasteiger partial charge in [0.15, 0.2) is 0 Å². The summed E-state index contributed by atoms with van der Waals surface area (Å²) in [5, 5.41) is 0. The van der Waals surface area contributed by atoms with Crippen LogP contribution in [0.4, 0.5) is 11.4 Å². The third kappa shape index (κ3) is 2.85. The van der Waals surface area contributed by atoms with Gasteiger partial charge >= 0.3 is 0 Å². The van der Waals surface area contributed by atoms with E-state index in [9.17, 15) is 0 Å². The van der Waals surface area contributed by atoms with Crippen LogP contribution < -0.4 is 15.4 Å². The Morgan fingerprint density at radius 1 is 1.16 bits per heavy atom. The van der Waals surface area contributed by atoms with Gasteiger partial charge in [-0.1, -0.05) is 30.4 Å². The van der Waals surface area contributed by atoms with Crippen molar-refractivity contribution >= 4 is 28.6 Å². The van der Waals surface area contributed by atoms with Gasteiger partial charge in [-0.05, 0) is 24.3 Å². The molecule has 0 aromatic heterocycles. The van der Waals surface area contributed by atoms with Gasteiger partial charge in [0.25, 0.3) is 0 Å². The van der Waals surface area contributed by atoms with Crippen molar-refractivity contribution in [2.24, 2.45) is 5.73 Å². The third-order valence-corrected chi connectivity index (χ3v) is 3.19. The molecule has 0 bridgehead atoms. The monoisotopic (exact) mass is 272 g/mol. The van der Waals surface area contributed by atoms with E-state index in [1.165, 1.54) is 0 Å². The summed E-state index contributed by atoms with van der Waals surface area (Å²) in [6, 6.07) is 15.7. The van der Waals surface area contributed by atoms with Crippen LogP contribution in [0, 0.1) is 0 Å². The topological polar surface area (TPSA) is 38.5 Å². The second kappa shape index (κ2) is 5.71. The number of hydrogen-bond donors (Lipinski definition) is 1. The number of ether oxygens (including phenoxy) is 1. The number of benzene rings is 2. The number of para-hydroxylation sites is 1. The molecule has 0 radical (unpaired) electrons. The van der Waals surface area contributed by atoms with Crippen LogP contribution in [0.3, 0.4) is 0 Å². The van der Waals surface area contributed by atoms with Crippen molar-refractivity contribution in [3.63, 3.8) is 0 Å². The first-order chi connectivity index (χ1) is 9.13. The Labute approximate surface area is 118 Å². The van der Waals surface area contributed by atoms with Crippen molar-refractivity contribution in [2.75, 3.05) is 19.1 Å². The lowest BCUT2D eigenvalue weighted by Crippen LogP contribution is -2.17. The maximum atomic E-state index is 5.77. The van der Waals surface area contributed by atoms with Gasteiger partial charge in [0, 0.05) is 24.4 Å². The molecule has 0 spiro atoms. The summed E-state index contributed by atoms with van der Waals surface area (Å²) in [4.78, 5) is 2.43. The van der Waals surface area contributed by atoms with Crippen LogP contribution in [0.15, 0.2) is 48.5 Å². The Morgan fingerprint density at radius 3 is 2.58 bits per heavy atom. The molecule has 0 unspecified atom stereocenters. The molecule has 0 heterocycles. The lowest BCUT2D eigenvalue weighted by molar-refractivity contribution is 0.415. The van der Waals surface area contributed by atoms with Gasteiger partial charge in [-0.3, -0.25) is 0 Å². The highest BCUT2D eigenvalue weighted by atomic mass is 32.1. The van der Waals surface area contributed by atoms with Crippen molar-refractivity contribution < 1.29 is 4.74 Å². The zero-order valence-corrected chi connectivity index (χ0v) is 11.8. The predicted molar refractivity (Wildman–Crippen MR) is 83.4 cm³/mol. The minimum absolute atomic E-state index is 0.394. The third-order valence-electron chi connectivity index (χ3n) is 2.97. The summed E-state index contributed by atoms with van der Waals surface area (Å²) in [5.41, 5.74) is 8.62. The van der Waals surface area contributed by atoms with Gasteiger partial charge in [0.05, 0.1) is 12.8 Å². The lowest BCUT2D eigenvalue weighted by atomic mass is 10.1. The number of methoxy groups -OCH3 is 1. The molecule has 0 saturated heterocycles. The number of thiocarbonyl (C=S) groups is 1. The van der Waals surface area contributed by atoms with Gasteiger partial charge < -0.3 is 15.4 Å². The van der Waals surface area contributed by atoms with Crippen molar-refractivity contribution in [1.82, 2.24) is 0 Å². The molecular formula is C15H16N2OS. The first kappa shape index (κ1) is 13.4. The number of hydrogen-bond acceptors (Lipinski definition) is 3. The maximum Gasteiger partial charge on any atom is 0.120 e. The molecule has 0 atom stereocenters. The van der Waals surface area contributed by atoms with Gasteiger partial charge in [-0.25, -0.2) is 0 Å². The Balaban J connectivity index is 2.43. The predicted octanol–water partition coefficient (Wildman–Crippen LogP) is 3.10. The molecule has 2 N–H and O–H groups in total. The summed E-state index contributed by atoms with van der Waals surface area (Å²) >= 11 is 5.09. The van der Waals surface area contributed by atoms with E-state index < -0.39 is 0 Å². The van der Waals surface area contributed by atoms with E-state index in [0.29, 0.717) is 4.99 Å². The van der Waals surface area contributed by atoms with Gasteiger partial charge in [-0.2, -0.15) is 0 Å². The van der Waals surface area contributed by atoms with Crippen LogP contribution in [0.25, 0.3) is 0 Å². The lowest BCUT2D eigenvalue weighted by Gasteiger charge is -2.22. The number of anilines is 2. The summed E-state index contributed by atoms with van der Waals surface area (Å²) in [6.45, 7) is 0. The van der Waals surface area contributed by atoms with Gasteiger partial charge in [0.1, 0.15) is 10.7 Å². The van der Waals surface area contributed by atoms with Crippen LogP contribution in [-0.2, 0) is 0 Å². The molecule has 98 valence electrons. The SMILES string of the molecule is COc1cccc(N(C)c2ccccc2C(N)=S)c1. The fraction of sp³-hybridized carbons (Fsp3) is 0.133. The zero-order chi connectivity index (χ0) is 13.8. The zero-order valence-electron chi connectivity index (χ0n) is 11.0. The van der Waals surface area contributed by atoms with Crippen LogP contribution in [0.1, 0.15) is 5.56 Å². The van der Waals surface area contributed by atoms with E-state index in [4.69, 9.17) is 22.7 Å². The van der Waals surface area contributed by atoms with E-state index in [0.717, 1.165) is 22.7 Å². The van der Waals surface area contributed by atoms with Crippen molar-refractivity contribution in [2.45, 2.75) is 0 Å². The highest BCUT2D eigenvalue weighted by Crippen LogP contribution is 2.29. The number of rotatable bonds is 4. The van der Waals surface area contributed by atoms with Gasteiger partial charge in [-0.15, -0.1) is 0 Å². The average Bonchev–Trinajstić information content (AvgIpc) is 2.46. The minimum atomic E-state index is 0.394. The molecule has 0 aliphatic carbocycles. The van der Waals surface area contributed by atoms with Crippen molar-refractivity contribution in [3.05, 3.63) is 54.1 Å². The summed E-state index contributed by atoms with van der Waals surface area (Å²) in [5.74, 6) is 0.817. The second-order valence-corrected chi connectivity index (χ2v) is 4.58. The Hall–Kier alpha value is -2.07. The van der Waals surface area contributed by atoms with Crippen LogP contribution in [-0.4, -0.2) is 19.1 Å². The molecule has 3 nitrogen and oxygen atoms in total. The molecule has 0 aliphatic rings. The first-order valence-electron chi connectivity index (χ1n) is 5.90. The maximum absolute atomic E-state index is 5.77. The smallest absolute Gasteiger partial charge is 0.120 e. The largest absolute Gasteiger partial charge is 0.497 e. The van der Waals surface area contributed by atoms with E-state index in [1.807, 2.05) is 60.5 Å². The van der Waals surface area contributed by atoms with Crippen LogP contribution in [0.5, 0.6) is 5.75 Å². The molecule has 0 fully saturated rings. The fourth-order valence-electron chi connectivity index (χ4n) is 1.93. The Kier molecular flexibility index (Phi) is 4.02. The molecule has 2 rings (SSSR count). The van der Waals surface area contributed by atoms with Crippen LogP contribution in [0.2, 0.25) is 0 Å². The Bertz CT molecular complexity index is 598. The first-order valence-corrected chi connectivity index (χ1v) is 6.31. The van der Waals surface area contributed by atoms with Gasteiger partial charge in [0.2, 0.25) is 0 Å². The summed E-state index contributed by atoms with van der Waals surface area (Å²) in [7, 11) is 3.63. The van der Waals surface area contributed by atoms with Crippen LogP contribution >= 0.6 is 12.2 Å². The molecule has 19 heavy (non-hydrogen) atoms. The minimum Gasteiger partial charge on any atom is -0.497 e.